The molecule has 0 aromatic rings. The Morgan fingerprint density at radius 1 is 0.789 bits per heavy atom. The van der Waals surface area contributed by atoms with E-state index in [9.17, 15) is 0 Å². The Kier molecular flexibility index (Phi) is 38.2. The Labute approximate surface area is 121 Å². The lowest BCUT2D eigenvalue weighted by Crippen LogP contribution is -1.97. The zero-order valence-electron chi connectivity index (χ0n) is 11.1. The Morgan fingerprint density at radius 3 is 1.32 bits per heavy atom. The lowest BCUT2D eigenvalue weighted by Gasteiger charge is -2.00. The summed E-state index contributed by atoms with van der Waals surface area (Å²) in [5.41, 5.74) is 5.42. The van der Waals surface area contributed by atoms with E-state index in [-0.39, 0.29) is 14.9 Å². The largest absolute Gasteiger partial charge is 0.692 e. The molecule has 0 rings (SSSR count). The summed E-state index contributed by atoms with van der Waals surface area (Å²) in [6.45, 7) is 3.14. The van der Waals surface area contributed by atoms with Gasteiger partial charge in [-0.1, -0.05) is 79.6 Å². The minimum absolute atomic E-state index is 0. The van der Waals surface area contributed by atoms with E-state index in [4.69, 9.17) is 20.1 Å². The first kappa shape index (κ1) is 27.3. The van der Waals surface area contributed by atoms with Crippen molar-refractivity contribution < 1.29 is 14.4 Å². The van der Waals surface area contributed by atoms with Crippen LogP contribution in [0, 0.1) is 0 Å². The molecule has 4 nitrogen and oxygen atoms in total. The molecule has 0 radical (unpaired) electrons. The van der Waals surface area contributed by atoms with Crippen LogP contribution in [-0.2, 0) is 4.57 Å². The maximum atomic E-state index is 8.70. The van der Waals surface area contributed by atoms with Crippen LogP contribution in [0.1, 0.15) is 86.0 Å². The van der Waals surface area contributed by atoms with E-state index < -0.39 is 8.25 Å². The van der Waals surface area contributed by atoms with E-state index >= 15 is 0 Å². The van der Waals surface area contributed by atoms with Crippen molar-refractivity contribution in [2.45, 2.75) is 86.0 Å². The summed E-state index contributed by atoms with van der Waals surface area (Å²) in [7, 11) is -2.87. The van der Waals surface area contributed by atoms with Gasteiger partial charge in [-0.05, 0) is 13.0 Å². The summed E-state index contributed by atoms with van der Waals surface area (Å²) in [6.07, 6.45) is 13.9. The average molecular weight is 298 g/mol. The fourth-order valence-corrected chi connectivity index (χ4v) is 1.63. The zero-order valence-corrected chi connectivity index (χ0v) is 12.0. The van der Waals surface area contributed by atoms with Crippen LogP contribution in [0.3, 0.4) is 0 Å². The molecule has 0 aliphatic rings. The molecule has 0 atom stereocenters. The van der Waals surface area contributed by atoms with E-state index in [1.165, 1.54) is 64.2 Å². The highest BCUT2D eigenvalue weighted by Gasteiger charge is 1.93. The first-order chi connectivity index (χ1) is 8.15. The van der Waals surface area contributed by atoms with Crippen molar-refractivity contribution in [3.63, 3.8) is 0 Å². The first-order valence-electron chi connectivity index (χ1n) is 6.70. The fourth-order valence-electron chi connectivity index (χ4n) is 1.63. The Bertz CT molecular complexity index is 144. The summed E-state index contributed by atoms with van der Waals surface area (Å²) >= 11 is 0. The molecule has 19 heavy (non-hydrogen) atoms. The third-order valence-electron chi connectivity index (χ3n) is 2.56. The molecule has 0 aliphatic heterocycles. The van der Waals surface area contributed by atoms with Crippen LogP contribution >= 0.6 is 8.25 Å². The van der Waals surface area contributed by atoms with Gasteiger partial charge in [0.2, 0.25) is 0 Å². The highest BCUT2D eigenvalue weighted by molar-refractivity contribution is 7.30. The van der Waals surface area contributed by atoms with Crippen molar-refractivity contribution in [3.8, 4) is 0 Å². The molecule has 0 aromatic carbocycles. The van der Waals surface area contributed by atoms with Gasteiger partial charge in [-0.25, -0.2) is 0 Å². The third-order valence-corrected chi connectivity index (χ3v) is 2.56. The second-order valence-electron chi connectivity index (χ2n) is 4.22. The lowest BCUT2D eigenvalue weighted by atomic mass is 10.1. The molecule has 0 aromatic heterocycles. The fraction of sp³-hybridized carbons (Fsp3) is 1.00. The Morgan fingerprint density at radius 2 is 1.05 bits per heavy atom. The Balaban J connectivity index is -0.000000165. The predicted octanol–water partition coefficient (Wildman–Crippen LogP) is 4.77. The van der Waals surface area contributed by atoms with E-state index in [0.29, 0.717) is 0 Å². The summed E-state index contributed by atoms with van der Waals surface area (Å²) in [4.78, 5) is 14.2. The average Bonchev–Trinajstić information content (AvgIpc) is 2.26. The minimum Gasteiger partial charge on any atom is -0.330 e. The SMILES string of the molecule is C.C.CCCCCCCCCCCCN.O=[P+](O)O. The third kappa shape index (κ3) is 46.1. The van der Waals surface area contributed by atoms with Crippen LogP contribution in [-0.4, -0.2) is 16.3 Å². The summed E-state index contributed by atoms with van der Waals surface area (Å²) in [6, 6.07) is 0. The molecule has 0 amide bonds. The van der Waals surface area contributed by atoms with E-state index in [1.807, 2.05) is 0 Å². The molecule has 5 heteroatoms. The van der Waals surface area contributed by atoms with E-state index in [1.54, 1.807) is 0 Å². The predicted molar refractivity (Wildman–Crippen MR) is 86.4 cm³/mol. The summed E-state index contributed by atoms with van der Waals surface area (Å²) < 4.78 is 8.70. The van der Waals surface area contributed by atoms with Crippen LogP contribution < -0.4 is 5.73 Å². The molecular weight excluding hydrogens is 261 g/mol. The van der Waals surface area contributed by atoms with Crippen molar-refractivity contribution in [3.05, 3.63) is 0 Å². The highest BCUT2D eigenvalue weighted by Crippen LogP contribution is 2.09. The van der Waals surface area contributed by atoms with Crippen LogP contribution in [0.5, 0.6) is 0 Å². The van der Waals surface area contributed by atoms with Gasteiger partial charge in [0, 0.05) is 4.57 Å². The van der Waals surface area contributed by atoms with Gasteiger partial charge >= 0.3 is 8.25 Å². The molecule has 0 saturated heterocycles. The van der Waals surface area contributed by atoms with Gasteiger partial charge < -0.3 is 5.73 Å². The Hall–Kier alpha value is -0.0200. The van der Waals surface area contributed by atoms with Gasteiger partial charge in [-0.2, -0.15) is 0 Å². The smallest absolute Gasteiger partial charge is 0.330 e. The summed E-state index contributed by atoms with van der Waals surface area (Å²) in [5.74, 6) is 0. The number of nitrogens with two attached hydrogens (primary N) is 1. The maximum absolute atomic E-state index is 8.70. The monoisotopic (exact) mass is 298 g/mol. The highest BCUT2D eigenvalue weighted by atomic mass is 31.1. The van der Waals surface area contributed by atoms with Crippen LogP contribution in [0.15, 0.2) is 0 Å². The quantitative estimate of drug-likeness (QED) is 0.401. The van der Waals surface area contributed by atoms with Crippen LogP contribution in [0.2, 0.25) is 0 Å². The van der Waals surface area contributed by atoms with Crippen molar-refractivity contribution in [2.24, 2.45) is 5.73 Å². The first-order valence-corrected chi connectivity index (χ1v) is 7.86. The molecule has 120 valence electrons. The molecule has 0 fully saturated rings. The van der Waals surface area contributed by atoms with Crippen molar-refractivity contribution in [2.75, 3.05) is 6.54 Å². The molecule has 0 unspecified atom stereocenters. The van der Waals surface area contributed by atoms with Gasteiger partial charge in [0.15, 0.2) is 0 Å². The standard InChI is InChI=1S/C12H27N.2CH4.HO3P/c1-2-3-4-5-6-7-8-9-10-11-12-13;;;1-4(2)3/h2-13H2,1H3;2*1H4;(H-,1,2,3)/p+1. The van der Waals surface area contributed by atoms with Gasteiger partial charge in [0.1, 0.15) is 0 Å². The molecule has 0 spiro atoms. The number of hydrogen-bond acceptors (Lipinski definition) is 2. The molecule has 0 heterocycles. The van der Waals surface area contributed by atoms with Gasteiger partial charge in [-0.3, -0.25) is 0 Å². The minimum atomic E-state index is -2.87. The van der Waals surface area contributed by atoms with E-state index in [2.05, 4.69) is 6.92 Å². The maximum Gasteiger partial charge on any atom is 0.692 e. The van der Waals surface area contributed by atoms with Gasteiger partial charge in [0.25, 0.3) is 0 Å². The molecule has 0 aliphatic carbocycles. The summed E-state index contributed by atoms with van der Waals surface area (Å²) in [5, 5.41) is 0. The number of rotatable bonds is 10. The number of hydrogen-bond donors (Lipinski definition) is 3. The molecule has 4 N–H and O–H groups in total. The second-order valence-corrected chi connectivity index (χ2v) is 4.73. The van der Waals surface area contributed by atoms with Crippen molar-refractivity contribution in [1.82, 2.24) is 0 Å². The lowest BCUT2D eigenvalue weighted by molar-refractivity contribution is 0.405. The molecular formula is C14H37NO3P+. The van der Waals surface area contributed by atoms with Gasteiger partial charge in [0.05, 0.1) is 0 Å². The van der Waals surface area contributed by atoms with Crippen LogP contribution in [0.4, 0.5) is 0 Å². The molecule has 0 saturated carbocycles. The van der Waals surface area contributed by atoms with Crippen LogP contribution in [0.25, 0.3) is 0 Å². The second kappa shape index (κ2) is 26.5. The molecule has 0 bridgehead atoms. The number of unbranched alkanes of at least 4 members (excludes halogenated alkanes) is 9. The normalized spacial score (nSPS) is 8.63. The van der Waals surface area contributed by atoms with Gasteiger partial charge in [-0.15, -0.1) is 9.79 Å². The van der Waals surface area contributed by atoms with Crippen molar-refractivity contribution >= 4 is 8.25 Å². The van der Waals surface area contributed by atoms with E-state index in [0.717, 1.165) is 6.54 Å². The van der Waals surface area contributed by atoms with Crippen molar-refractivity contribution in [1.29, 1.82) is 0 Å². The zero-order chi connectivity index (χ0) is 13.4. The topological polar surface area (TPSA) is 83.6 Å².